The number of pyridine rings is 1. The first kappa shape index (κ1) is 14.1. The van der Waals surface area contributed by atoms with Gasteiger partial charge >= 0.3 is 0 Å². The zero-order valence-electron chi connectivity index (χ0n) is 12.1. The third kappa shape index (κ3) is 2.97. The van der Waals surface area contributed by atoms with Crippen LogP contribution in [-0.2, 0) is 0 Å². The van der Waals surface area contributed by atoms with Crippen molar-refractivity contribution in [3.63, 3.8) is 0 Å². The van der Waals surface area contributed by atoms with Crippen LogP contribution in [0.5, 0.6) is 0 Å². The molecule has 0 aliphatic carbocycles. The second kappa shape index (κ2) is 6.20. The number of rotatable bonds is 1. The second-order valence-electron chi connectivity index (χ2n) is 4.49. The van der Waals surface area contributed by atoms with E-state index < -0.39 is 0 Å². The lowest BCUT2D eigenvalue weighted by Crippen LogP contribution is -2.01. The van der Waals surface area contributed by atoms with Gasteiger partial charge in [0.25, 0.3) is 0 Å². The third-order valence-electron chi connectivity index (χ3n) is 3.11. The molecular weight excluding hydrogens is 246 g/mol. The van der Waals surface area contributed by atoms with Crippen LogP contribution in [0.3, 0.4) is 0 Å². The molecular formula is C18H19NO. The lowest BCUT2D eigenvalue weighted by molar-refractivity contribution is 1.31. The molecule has 0 fully saturated rings. The molecule has 3 aromatic rings. The molecule has 0 saturated heterocycles. The minimum absolute atomic E-state index is 0.0643. The van der Waals surface area contributed by atoms with E-state index in [1.807, 2.05) is 32.0 Å². The van der Waals surface area contributed by atoms with Crippen LogP contribution in [0.4, 0.5) is 0 Å². The summed E-state index contributed by atoms with van der Waals surface area (Å²) in [6.07, 6.45) is 0. The Balaban J connectivity index is 0.000000704. The van der Waals surface area contributed by atoms with Gasteiger partial charge in [-0.25, -0.2) is 0 Å². The van der Waals surface area contributed by atoms with E-state index in [4.69, 9.17) is 0 Å². The first-order valence-corrected chi connectivity index (χ1v) is 6.92. The molecule has 1 N–H and O–H groups in total. The number of hydrogen-bond donors (Lipinski definition) is 1. The average Bonchev–Trinajstić information content (AvgIpc) is 2.49. The van der Waals surface area contributed by atoms with Gasteiger partial charge in [0, 0.05) is 11.6 Å². The smallest absolute Gasteiger partial charge is 0.248 e. The number of nitrogens with one attached hydrogen (secondary N) is 1. The maximum absolute atomic E-state index is 11.2. The quantitative estimate of drug-likeness (QED) is 0.689. The van der Waals surface area contributed by atoms with Gasteiger partial charge in [-0.15, -0.1) is 0 Å². The maximum Gasteiger partial charge on any atom is 0.248 e. The highest BCUT2D eigenvalue weighted by Crippen LogP contribution is 2.23. The molecule has 0 aliphatic rings. The van der Waals surface area contributed by atoms with Gasteiger partial charge in [-0.1, -0.05) is 49.7 Å². The van der Waals surface area contributed by atoms with Crippen molar-refractivity contribution in [1.29, 1.82) is 0 Å². The number of aryl methyl sites for hydroxylation is 1. The molecule has 102 valence electrons. The summed E-state index contributed by atoms with van der Waals surface area (Å²) >= 11 is 0. The molecule has 20 heavy (non-hydrogen) atoms. The van der Waals surface area contributed by atoms with Crippen LogP contribution in [-0.4, -0.2) is 4.98 Å². The fraction of sp³-hybridized carbons (Fsp3) is 0.167. The average molecular weight is 265 g/mol. The van der Waals surface area contributed by atoms with Crippen LogP contribution >= 0.6 is 0 Å². The number of H-pyrrole nitrogens is 1. The Hall–Kier alpha value is -2.35. The summed E-state index contributed by atoms with van der Waals surface area (Å²) in [4.78, 5) is 14.0. The molecule has 0 unspecified atom stereocenters. The van der Waals surface area contributed by atoms with Gasteiger partial charge in [-0.2, -0.15) is 0 Å². The molecule has 0 radical (unpaired) electrons. The van der Waals surface area contributed by atoms with Gasteiger partial charge in [-0.3, -0.25) is 4.79 Å². The summed E-state index contributed by atoms with van der Waals surface area (Å²) in [5.41, 5.74) is 4.41. The van der Waals surface area contributed by atoms with Crippen molar-refractivity contribution in [3.8, 4) is 11.1 Å². The number of aromatic amines is 1. The van der Waals surface area contributed by atoms with E-state index in [-0.39, 0.29) is 5.56 Å². The fourth-order valence-electron chi connectivity index (χ4n) is 2.08. The van der Waals surface area contributed by atoms with Gasteiger partial charge in [0.05, 0.1) is 0 Å². The molecule has 0 spiro atoms. The van der Waals surface area contributed by atoms with E-state index in [9.17, 15) is 4.79 Å². The maximum atomic E-state index is 11.2. The van der Waals surface area contributed by atoms with Crippen molar-refractivity contribution in [2.45, 2.75) is 20.8 Å². The summed E-state index contributed by atoms with van der Waals surface area (Å²) in [6.45, 7) is 6.08. The highest BCUT2D eigenvalue weighted by atomic mass is 16.1. The SMILES string of the molecule is CC.Cc1ccc(-c2ccc3[nH]c(=O)ccc3c2)cc1. The van der Waals surface area contributed by atoms with E-state index in [0.29, 0.717) is 0 Å². The standard InChI is InChI=1S/C16H13NO.C2H6/c1-11-2-4-12(5-3-11)13-6-8-15-14(10-13)7-9-16(18)17-15;1-2/h2-10H,1H3,(H,17,18);1-2H3. The Labute approximate surface area is 119 Å². The summed E-state index contributed by atoms with van der Waals surface area (Å²) in [5, 5.41) is 1.05. The predicted molar refractivity (Wildman–Crippen MR) is 86.1 cm³/mol. The summed E-state index contributed by atoms with van der Waals surface area (Å²) in [7, 11) is 0. The van der Waals surface area contributed by atoms with Gasteiger partial charge in [-0.05, 0) is 41.6 Å². The Morgan fingerprint density at radius 3 is 2.15 bits per heavy atom. The summed E-state index contributed by atoms with van der Waals surface area (Å²) in [5.74, 6) is 0. The molecule has 0 bridgehead atoms. The molecule has 2 heteroatoms. The molecule has 0 aliphatic heterocycles. The van der Waals surface area contributed by atoms with Crippen LogP contribution in [0.15, 0.2) is 59.4 Å². The van der Waals surface area contributed by atoms with Crippen molar-refractivity contribution < 1.29 is 0 Å². The molecule has 0 atom stereocenters. The Morgan fingerprint density at radius 1 is 0.800 bits per heavy atom. The summed E-state index contributed by atoms with van der Waals surface area (Å²) < 4.78 is 0. The monoisotopic (exact) mass is 265 g/mol. The van der Waals surface area contributed by atoms with Crippen molar-refractivity contribution >= 4 is 10.9 Å². The van der Waals surface area contributed by atoms with Crippen LogP contribution in [0.2, 0.25) is 0 Å². The second-order valence-corrected chi connectivity index (χ2v) is 4.49. The zero-order valence-corrected chi connectivity index (χ0v) is 12.1. The number of aromatic nitrogens is 1. The molecule has 3 rings (SSSR count). The van der Waals surface area contributed by atoms with E-state index >= 15 is 0 Å². The van der Waals surface area contributed by atoms with E-state index in [1.54, 1.807) is 6.07 Å². The minimum atomic E-state index is -0.0643. The Morgan fingerprint density at radius 2 is 1.45 bits per heavy atom. The van der Waals surface area contributed by atoms with Crippen LogP contribution in [0, 0.1) is 6.92 Å². The van der Waals surface area contributed by atoms with Crippen molar-refractivity contribution in [2.24, 2.45) is 0 Å². The number of fused-ring (bicyclic) bond motifs is 1. The van der Waals surface area contributed by atoms with Crippen molar-refractivity contribution in [2.75, 3.05) is 0 Å². The van der Waals surface area contributed by atoms with Gasteiger partial charge in [0.2, 0.25) is 5.56 Å². The lowest BCUT2D eigenvalue weighted by atomic mass is 10.0. The lowest BCUT2D eigenvalue weighted by Gasteiger charge is -2.04. The van der Waals surface area contributed by atoms with Gasteiger partial charge in [0.1, 0.15) is 0 Å². The molecule has 1 aromatic heterocycles. The number of benzene rings is 2. The Kier molecular flexibility index (Phi) is 4.36. The van der Waals surface area contributed by atoms with E-state index in [0.717, 1.165) is 16.5 Å². The summed E-state index contributed by atoms with van der Waals surface area (Å²) in [6, 6.07) is 17.9. The minimum Gasteiger partial charge on any atom is -0.322 e. The van der Waals surface area contributed by atoms with Crippen molar-refractivity contribution in [1.82, 2.24) is 4.98 Å². The zero-order chi connectivity index (χ0) is 14.5. The normalized spacial score (nSPS) is 9.95. The molecule has 2 nitrogen and oxygen atoms in total. The van der Waals surface area contributed by atoms with Crippen LogP contribution < -0.4 is 5.56 Å². The topological polar surface area (TPSA) is 32.9 Å². The largest absolute Gasteiger partial charge is 0.322 e. The van der Waals surface area contributed by atoms with Crippen LogP contribution in [0.25, 0.3) is 22.0 Å². The molecule has 0 amide bonds. The molecule has 2 aromatic carbocycles. The highest BCUT2D eigenvalue weighted by molar-refractivity contribution is 5.84. The fourth-order valence-corrected chi connectivity index (χ4v) is 2.08. The van der Waals surface area contributed by atoms with Gasteiger partial charge < -0.3 is 4.98 Å². The van der Waals surface area contributed by atoms with Crippen molar-refractivity contribution in [3.05, 3.63) is 70.5 Å². The third-order valence-corrected chi connectivity index (χ3v) is 3.11. The first-order chi connectivity index (χ1) is 9.72. The molecule has 0 saturated carbocycles. The van der Waals surface area contributed by atoms with Gasteiger partial charge in [0.15, 0.2) is 0 Å². The predicted octanol–water partition coefficient (Wildman–Crippen LogP) is 4.53. The van der Waals surface area contributed by atoms with Crippen LogP contribution in [0.1, 0.15) is 19.4 Å². The van der Waals surface area contributed by atoms with E-state index in [1.165, 1.54) is 11.1 Å². The molecule has 1 heterocycles. The Bertz CT molecular complexity index is 754. The number of hydrogen-bond acceptors (Lipinski definition) is 1. The van der Waals surface area contributed by atoms with E-state index in [2.05, 4.69) is 42.2 Å². The highest BCUT2D eigenvalue weighted by Gasteiger charge is 2.00. The first-order valence-electron chi connectivity index (χ1n) is 6.92.